The van der Waals surface area contributed by atoms with Crippen LogP contribution in [0.15, 0.2) is 42.5 Å². The number of benzene rings is 2. The van der Waals surface area contributed by atoms with Gasteiger partial charge in [0.2, 0.25) is 0 Å². The number of ether oxygens (including phenoxy) is 2. The van der Waals surface area contributed by atoms with Crippen LogP contribution in [-0.2, 0) is 4.74 Å². The second kappa shape index (κ2) is 8.91. The highest BCUT2D eigenvalue weighted by Crippen LogP contribution is 2.27. The Morgan fingerprint density at radius 1 is 0.963 bits per heavy atom. The van der Waals surface area contributed by atoms with E-state index >= 15 is 0 Å². The molecule has 0 amide bonds. The van der Waals surface area contributed by atoms with Gasteiger partial charge in [-0.2, -0.15) is 0 Å². The molecule has 1 aliphatic rings. The van der Waals surface area contributed by atoms with Gasteiger partial charge in [-0.25, -0.2) is 4.79 Å². The van der Waals surface area contributed by atoms with Gasteiger partial charge in [0, 0.05) is 32.7 Å². The van der Waals surface area contributed by atoms with Gasteiger partial charge in [-0.15, -0.1) is 0 Å². The Labute approximate surface area is 161 Å². The molecule has 3 rings (SSSR count). The number of anilines is 1. The van der Waals surface area contributed by atoms with Gasteiger partial charge in [-0.1, -0.05) is 30.3 Å². The van der Waals surface area contributed by atoms with Crippen LogP contribution in [0, 0.1) is 13.8 Å². The maximum atomic E-state index is 12.1. The zero-order chi connectivity index (χ0) is 19.2. The van der Waals surface area contributed by atoms with Crippen LogP contribution in [0.25, 0.3) is 0 Å². The van der Waals surface area contributed by atoms with Crippen LogP contribution in [0.3, 0.4) is 0 Å². The first-order chi connectivity index (χ1) is 13.1. The van der Waals surface area contributed by atoms with E-state index in [0.717, 1.165) is 55.3 Å². The lowest BCUT2D eigenvalue weighted by Gasteiger charge is -2.37. The highest BCUT2D eigenvalue weighted by molar-refractivity contribution is 5.96. The number of hydrogen-bond donors (Lipinski definition) is 0. The number of carbonyl (C=O) groups is 1. The van der Waals surface area contributed by atoms with Crippen LogP contribution >= 0.6 is 0 Å². The molecule has 0 aliphatic carbocycles. The molecule has 144 valence electrons. The largest absolute Gasteiger partial charge is 0.492 e. The molecule has 0 radical (unpaired) electrons. The van der Waals surface area contributed by atoms with Crippen LogP contribution < -0.4 is 9.64 Å². The average molecular weight is 368 g/mol. The number of nitrogens with zero attached hydrogens (tertiary/aromatic N) is 2. The van der Waals surface area contributed by atoms with Crippen molar-refractivity contribution in [3.8, 4) is 5.75 Å². The van der Waals surface area contributed by atoms with E-state index in [4.69, 9.17) is 9.47 Å². The minimum Gasteiger partial charge on any atom is -0.492 e. The first-order valence-corrected chi connectivity index (χ1v) is 9.44. The number of rotatable bonds is 6. The highest BCUT2D eigenvalue weighted by atomic mass is 16.5. The molecule has 2 aromatic rings. The molecular weight excluding hydrogens is 340 g/mol. The van der Waals surface area contributed by atoms with E-state index < -0.39 is 0 Å². The molecule has 0 atom stereocenters. The van der Waals surface area contributed by atoms with Crippen LogP contribution in [0.4, 0.5) is 5.69 Å². The van der Waals surface area contributed by atoms with Crippen LogP contribution in [0.1, 0.15) is 21.5 Å². The zero-order valence-electron chi connectivity index (χ0n) is 16.4. The predicted molar refractivity (Wildman–Crippen MR) is 108 cm³/mol. The molecule has 1 heterocycles. The summed E-state index contributed by atoms with van der Waals surface area (Å²) in [5.41, 5.74) is 3.92. The number of piperazine rings is 1. The van der Waals surface area contributed by atoms with Gasteiger partial charge in [0.1, 0.15) is 12.4 Å². The summed E-state index contributed by atoms with van der Waals surface area (Å²) < 4.78 is 10.9. The summed E-state index contributed by atoms with van der Waals surface area (Å²) in [5, 5.41) is 0. The Morgan fingerprint density at radius 2 is 1.67 bits per heavy atom. The Balaban J connectivity index is 1.55. The first kappa shape index (κ1) is 19.2. The van der Waals surface area contributed by atoms with E-state index in [-0.39, 0.29) is 5.97 Å². The first-order valence-electron chi connectivity index (χ1n) is 9.44. The second-order valence-corrected chi connectivity index (χ2v) is 6.91. The van der Waals surface area contributed by atoms with Crippen LogP contribution in [0.2, 0.25) is 0 Å². The maximum absolute atomic E-state index is 12.1. The van der Waals surface area contributed by atoms with Gasteiger partial charge >= 0.3 is 5.97 Å². The summed E-state index contributed by atoms with van der Waals surface area (Å²) in [4.78, 5) is 16.8. The standard InChI is InChI=1S/C22H28N2O3/c1-17-7-4-5-10-20(17)27-16-15-23-11-13-24(14-12-23)21-18(2)8-6-9-19(21)22(25)26-3/h4-10H,11-16H2,1-3H3. The minimum atomic E-state index is -0.275. The van der Waals surface area contributed by atoms with Crippen molar-refractivity contribution in [2.24, 2.45) is 0 Å². The van der Waals surface area contributed by atoms with Crippen molar-refractivity contribution in [2.75, 3.05) is 51.3 Å². The minimum absolute atomic E-state index is 0.275. The summed E-state index contributed by atoms with van der Waals surface area (Å²) in [5.74, 6) is 0.682. The number of para-hydroxylation sites is 2. The fraction of sp³-hybridized carbons (Fsp3) is 0.409. The van der Waals surface area contributed by atoms with Crippen molar-refractivity contribution >= 4 is 11.7 Å². The number of hydrogen-bond acceptors (Lipinski definition) is 5. The van der Waals surface area contributed by atoms with E-state index in [0.29, 0.717) is 12.2 Å². The van der Waals surface area contributed by atoms with Crippen molar-refractivity contribution in [1.29, 1.82) is 0 Å². The monoisotopic (exact) mass is 368 g/mol. The van der Waals surface area contributed by atoms with Crippen molar-refractivity contribution in [2.45, 2.75) is 13.8 Å². The molecule has 0 saturated carbocycles. The van der Waals surface area contributed by atoms with Crippen molar-refractivity contribution < 1.29 is 14.3 Å². The lowest BCUT2D eigenvalue weighted by molar-refractivity contribution is 0.0601. The molecular formula is C22H28N2O3. The topological polar surface area (TPSA) is 42.0 Å². The molecule has 1 saturated heterocycles. The Hall–Kier alpha value is -2.53. The van der Waals surface area contributed by atoms with E-state index in [1.807, 2.05) is 43.3 Å². The molecule has 0 N–H and O–H groups in total. The predicted octanol–water partition coefficient (Wildman–Crippen LogP) is 3.29. The fourth-order valence-corrected chi connectivity index (χ4v) is 3.55. The SMILES string of the molecule is COC(=O)c1cccc(C)c1N1CCN(CCOc2ccccc2C)CC1. The van der Waals surface area contributed by atoms with Gasteiger partial charge in [0.25, 0.3) is 0 Å². The van der Waals surface area contributed by atoms with Gasteiger partial charge < -0.3 is 14.4 Å². The zero-order valence-corrected chi connectivity index (χ0v) is 16.4. The molecule has 0 unspecified atom stereocenters. The third-order valence-corrected chi connectivity index (χ3v) is 5.09. The van der Waals surface area contributed by atoms with Crippen molar-refractivity contribution in [3.63, 3.8) is 0 Å². The molecule has 1 fully saturated rings. The number of aryl methyl sites for hydroxylation is 2. The summed E-state index contributed by atoms with van der Waals surface area (Å²) in [6.07, 6.45) is 0. The molecule has 5 nitrogen and oxygen atoms in total. The van der Waals surface area contributed by atoms with E-state index in [1.54, 1.807) is 0 Å². The number of esters is 1. The van der Waals surface area contributed by atoms with Gasteiger partial charge in [-0.05, 0) is 37.1 Å². The third-order valence-electron chi connectivity index (χ3n) is 5.09. The third kappa shape index (κ3) is 4.61. The normalized spacial score (nSPS) is 14.9. The summed E-state index contributed by atoms with van der Waals surface area (Å²) >= 11 is 0. The van der Waals surface area contributed by atoms with E-state index in [1.165, 1.54) is 7.11 Å². The molecule has 27 heavy (non-hydrogen) atoms. The van der Waals surface area contributed by atoms with Crippen LogP contribution in [-0.4, -0.2) is 57.3 Å². The van der Waals surface area contributed by atoms with Gasteiger partial charge in [0.05, 0.1) is 18.4 Å². The molecule has 0 bridgehead atoms. The van der Waals surface area contributed by atoms with Gasteiger partial charge in [0.15, 0.2) is 0 Å². The maximum Gasteiger partial charge on any atom is 0.339 e. The Bertz CT molecular complexity index is 783. The number of carbonyl (C=O) groups excluding carboxylic acids is 1. The molecule has 5 heteroatoms. The average Bonchev–Trinajstić information content (AvgIpc) is 2.69. The van der Waals surface area contributed by atoms with E-state index in [2.05, 4.69) is 22.8 Å². The quantitative estimate of drug-likeness (QED) is 0.732. The second-order valence-electron chi connectivity index (χ2n) is 6.91. The van der Waals surface area contributed by atoms with Crippen LogP contribution in [0.5, 0.6) is 5.75 Å². The molecule has 0 spiro atoms. The number of methoxy groups -OCH3 is 1. The molecule has 1 aliphatic heterocycles. The molecule has 0 aromatic heterocycles. The Kier molecular flexibility index (Phi) is 6.35. The summed E-state index contributed by atoms with van der Waals surface area (Å²) in [6, 6.07) is 13.9. The highest BCUT2D eigenvalue weighted by Gasteiger charge is 2.23. The van der Waals surface area contributed by atoms with Crippen molar-refractivity contribution in [1.82, 2.24) is 4.90 Å². The smallest absolute Gasteiger partial charge is 0.339 e. The fourth-order valence-electron chi connectivity index (χ4n) is 3.55. The van der Waals surface area contributed by atoms with Crippen molar-refractivity contribution in [3.05, 3.63) is 59.2 Å². The lowest BCUT2D eigenvalue weighted by atomic mass is 10.1. The van der Waals surface area contributed by atoms with E-state index in [9.17, 15) is 4.79 Å². The molecule has 2 aromatic carbocycles. The summed E-state index contributed by atoms with van der Waals surface area (Å²) in [7, 11) is 1.43. The van der Waals surface area contributed by atoms with Gasteiger partial charge in [-0.3, -0.25) is 4.90 Å². The Morgan fingerprint density at radius 3 is 2.37 bits per heavy atom. The lowest BCUT2D eigenvalue weighted by Crippen LogP contribution is -2.48. The summed E-state index contributed by atoms with van der Waals surface area (Å²) in [6.45, 7) is 9.37.